The lowest BCUT2D eigenvalue weighted by atomic mass is 9.96. The van der Waals surface area contributed by atoms with Crippen LogP contribution in [-0.2, 0) is 4.79 Å². The zero-order valence-electron chi connectivity index (χ0n) is 21.8. The molecule has 0 radical (unpaired) electrons. The van der Waals surface area contributed by atoms with Gasteiger partial charge >= 0.3 is 0 Å². The molecule has 0 saturated heterocycles. The first kappa shape index (κ1) is 25.1. The standard InChI is InChI=1S/C31H33NO4/c1-7-34-25-13-10-23(11-14-25)28-18-36-31-22(6)30(35-8-2)26(17-27(28)31)21(5)16-29(33)32-24-12-9-19(3)20(4)15-24/h9-18H,7-8H2,1-6H3,(H,32,33)/b21-16+. The van der Waals surface area contributed by atoms with E-state index in [-0.39, 0.29) is 5.91 Å². The minimum atomic E-state index is -0.185. The van der Waals surface area contributed by atoms with Crippen LogP contribution >= 0.6 is 0 Å². The highest BCUT2D eigenvalue weighted by Gasteiger charge is 2.19. The van der Waals surface area contributed by atoms with Gasteiger partial charge in [0, 0.05) is 33.8 Å². The molecule has 3 aromatic carbocycles. The Morgan fingerprint density at radius 2 is 1.67 bits per heavy atom. The van der Waals surface area contributed by atoms with Gasteiger partial charge in [-0.1, -0.05) is 18.2 Å². The summed E-state index contributed by atoms with van der Waals surface area (Å²) in [5.41, 5.74) is 8.46. The largest absolute Gasteiger partial charge is 0.494 e. The smallest absolute Gasteiger partial charge is 0.248 e. The van der Waals surface area contributed by atoms with E-state index in [2.05, 4.69) is 18.3 Å². The van der Waals surface area contributed by atoms with Crippen molar-refractivity contribution in [2.75, 3.05) is 18.5 Å². The number of aryl methyl sites for hydroxylation is 3. The van der Waals surface area contributed by atoms with E-state index in [1.807, 2.05) is 77.1 Å². The minimum absolute atomic E-state index is 0.185. The van der Waals surface area contributed by atoms with E-state index in [0.29, 0.717) is 13.2 Å². The summed E-state index contributed by atoms with van der Waals surface area (Å²) >= 11 is 0. The summed E-state index contributed by atoms with van der Waals surface area (Å²) in [6, 6.07) is 15.9. The molecule has 186 valence electrons. The van der Waals surface area contributed by atoms with Gasteiger partial charge in [-0.25, -0.2) is 0 Å². The number of ether oxygens (including phenoxy) is 2. The molecule has 0 spiro atoms. The molecular weight excluding hydrogens is 450 g/mol. The quantitative estimate of drug-likeness (QED) is 0.259. The van der Waals surface area contributed by atoms with Gasteiger partial charge in [0.1, 0.15) is 17.1 Å². The molecule has 0 saturated carbocycles. The van der Waals surface area contributed by atoms with Gasteiger partial charge in [-0.05, 0) is 94.1 Å². The number of hydrogen-bond acceptors (Lipinski definition) is 4. The summed E-state index contributed by atoms with van der Waals surface area (Å²) in [5.74, 6) is 1.37. The number of allylic oxidation sites excluding steroid dienone is 1. The number of anilines is 1. The van der Waals surface area contributed by atoms with Crippen LogP contribution in [0.2, 0.25) is 0 Å². The van der Waals surface area contributed by atoms with Crippen LogP contribution in [0.25, 0.3) is 27.7 Å². The second-order valence-electron chi connectivity index (χ2n) is 8.91. The fourth-order valence-corrected chi connectivity index (χ4v) is 4.33. The Kier molecular flexibility index (Phi) is 7.49. The Morgan fingerprint density at radius 1 is 0.944 bits per heavy atom. The minimum Gasteiger partial charge on any atom is -0.494 e. The maximum absolute atomic E-state index is 12.9. The molecule has 0 unspecified atom stereocenters. The zero-order valence-corrected chi connectivity index (χ0v) is 21.8. The van der Waals surface area contributed by atoms with Crippen molar-refractivity contribution in [2.45, 2.75) is 41.5 Å². The summed E-state index contributed by atoms with van der Waals surface area (Å²) in [7, 11) is 0. The second-order valence-corrected chi connectivity index (χ2v) is 8.91. The predicted molar refractivity (Wildman–Crippen MR) is 147 cm³/mol. The van der Waals surface area contributed by atoms with Gasteiger partial charge < -0.3 is 19.2 Å². The van der Waals surface area contributed by atoms with Gasteiger partial charge in [0.15, 0.2) is 0 Å². The van der Waals surface area contributed by atoms with Crippen molar-refractivity contribution >= 4 is 28.1 Å². The molecule has 1 aromatic heterocycles. The summed E-state index contributed by atoms with van der Waals surface area (Å²) in [6.45, 7) is 13.1. The number of carbonyl (C=O) groups excluding carboxylic acids is 1. The van der Waals surface area contributed by atoms with Crippen LogP contribution in [-0.4, -0.2) is 19.1 Å². The summed E-state index contributed by atoms with van der Waals surface area (Å²) in [6.07, 6.45) is 3.40. The first-order valence-electron chi connectivity index (χ1n) is 12.3. The third-order valence-corrected chi connectivity index (χ3v) is 6.36. The molecule has 0 aliphatic heterocycles. The van der Waals surface area contributed by atoms with Gasteiger partial charge in [0.05, 0.1) is 19.5 Å². The van der Waals surface area contributed by atoms with Crippen molar-refractivity contribution < 1.29 is 18.7 Å². The Balaban J connectivity index is 1.74. The van der Waals surface area contributed by atoms with Crippen LogP contribution in [0.3, 0.4) is 0 Å². The molecule has 1 amide bonds. The molecule has 4 aromatic rings. The molecule has 0 atom stereocenters. The van der Waals surface area contributed by atoms with E-state index in [0.717, 1.165) is 61.5 Å². The average Bonchev–Trinajstić information content (AvgIpc) is 3.28. The molecule has 1 heterocycles. The van der Waals surface area contributed by atoms with Gasteiger partial charge in [-0.2, -0.15) is 0 Å². The number of fused-ring (bicyclic) bond motifs is 1. The number of benzene rings is 3. The zero-order chi connectivity index (χ0) is 25.8. The highest BCUT2D eigenvalue weighted by Crippen LogP contribution is 2.41. The lowest BCUT2D eigenvalue weighted by Crippen LogP contribution is -2.09. The molecular formula is C31H33NO4. The van der Waals surface area contributed by atoms with Crippen molar-refractivity contribution in [3.05, 3.63) is 83.1 Å². The number of nitrogens with one attached hydrogen (secondary N) is 1. The Hall–Kier alpha value is -3.99. The predicted octanol–water partition coefficient (Wildman–Crippen LogP) is 7.86. The van der Waals surface area contributed by atoms with Gasteiger partial charge in [0.2, 0.25) is 5.91 Å². The maximum atomic E-state index is 12.9. The normalized spacial score (nSPS) is 11.6. The molecule has 5 heteroatoms. The lowest BCUT2D eigenvalue weighted by molar-refractivity contribution is -0.111. The first-order chi connectivity index (χ1) is 17.3. The summed E-state index contributed by atoms with van der Waals surface area (Å²) in [4.78, 5) is 12.9. The number of carbonyl (C=O) groups is 1. The van der Waals surface area contributed by atoms with Crippen molar-refractivity contribution in [1.82, 2.24) is 0 Å². The highest BCUT2D eigenvalue weighted by atomic mass is 16.5. The third-order valence-electron chi connectivity index (χ3n) is 6.36. The van der Waals surface area contributed by atoms with Gasteiger partial charge in [0.25, 0.3) is 0 Å². The van der Waals surface area contributed by atoms with Crippen LogP contribution in [0.5, 0.6) is 11.5 Å². The van der Waals surface area contributed by atoms with Crippen molar-refractivity contribution in [3.63, 3.8) is 0 Å². The van der Waals surface area contributed by atoms with Crippen LogP contribution in [0.4, 0.5) is 5.69 Å². The number of furan rings is 1. The average molecular weight is 484 g/mol. The van der Waals surface area contributed by atoms with E-state index in [4.69, 9.17) is 13.9 Å². The SMILES string of the molecule is CCOc1ccc(-c2coc3c(C)c(OCC)c(/C(C)=C/C(=O)Nc4ccc(C)c(C)c4)cc23)cc1. The molecule has 0 aliphatic rings. The van der Waals surface area contributed by atoms with Gasteiger partial charge in [-0.15, -0.1) is 0 Å². The fourth-order valence-electron chi connectivity index (χ4n) is 4.33. The summed E-state index contributed by atoms with van der Waals surface area (Å²) in [5, 5.41) is 3.95. The van der Waals surface area contributed by atoms with E-state index < -0.39 is 0 Å². The first-order valence-corrected chi connectivity index (χ1v) is 12.3. The molecule has 0 fully saturated rings. The highest BCUT2D eigenvalue weighted by molar-refractivity contribution is 6.06. The number of rotatable bonds is 8. The van der Waals surface area contributed by atoms with Crippen LogP contribution in [0, 0.1) is 20.8 Å². The molecule has 1 N–H and O–H groups in total. The molecule has 0 bridgehead atoms. The Morgan fingerprint density at radius 3 is 2.33 bits per heavy atom. The van der Waals surface area contributed by atoms with E-state index in [1.165, 1.54) is 5.56 Å². The maximum Gasteiger partial charge on any atom is 0.248 e. The lowest BCUT2D eigenvalue weighted by Gasteiger charge is -2.15. The summed E-state index contributed by atoms with van der Waals surface area (Å²) < 4.78 is 17.6. The van der Waals surface area contributed by atoms with E-state index in [1.54, 1.807) is 12.3 Å². The van der Waals surface area contributed by atoms with E-state index >= 15 is 0 Å². The fraction of sp³-hybridized carbons (Fsp3) is 0.258. The van der Waals surface area contributed by atoms with E-state index in [9.17, 15) is 4.79 Å². The third kappa shape index (κ3) is 5.15. The monoisotopic (exact) mass is 483 g/mol. The van der Waals surface area contributed by atoms with Crippen LogP contribution < -0.4 is 14.8 Å². The van der Waals surface area contributed by atoms with Crippen LogP contribution in [0.15, 0.2) is 65.3 Å². The number of amides is 1. The van der Waals surface area contributed by atoms with Gasteiger partial charge in [-0.3, -0.25) is 4.79 Å². The van der Waals surface area contributed by atoms with Crippen molar-refractivity contribution in [1.29, 1.82) is 0 Å². The van der Waals surface area contributed by atoms with Crippen molar-refractivity contribution in [2.24, 2.45) is 0 Å². The Bertz CT molecular complexity index is 1430. The van der Waals surface area contributed by atoms with Crippen LogP contribution in [0.1, 0.15) is 43.0 Å². The topological polar surface area (TPSA) is 60.7 Å². The molecule has 36 heavy (non-hydrogen) atoms. The molecule has 5 nitrogen and oxygen atoms in total. The van der Waals surface area contributed by atoms with Crippen molar-refractivity contribution in [3.8, 4) is 22.6 Å². The second kappa shape index (κ2) is 10.7. The Labute approximate surface area is 212 Å². The number of hydrogen-bond donors (Lipinski definition) is 1. The molecule has 0 aliphatic carbocycles. The molecule has 4 rings (SSSR count).